The van der Waals surface area contributed by atoms with Crippen LogP contribution in [0, 0.1) is 0 Å². The van der Waals surface area contributed by atoms with Crippen LogP contribution in [0.15, 0.2) is 36.5 Å². The largest absolute Gasteiger partial charge is 0.270 e. The molecule has 0 aromatic carbocycles. The summed E-state index contributed by atoms with van der Waals surface area (Å²) in [6, 6.07) is 0. The van der Waals surface area contributed by atoms with Crippen LogP contribution in [0.5, 0.6) is 0 Å². The molecule has 0 rings (SSSR count). The molecule has 0 saturated heterocycles. The Morgan fingerprint density at radius 2 is 1.26 bits per heavy atom. The highest BCUT2D eigenvalue weighted by Crippen LogP contribution is 2.03. The Kier molecular flexibility index (Phi) is 15.4. The van der Waals surface area contributed by atoms with Gasteiger partial charge in [-0.15, -0.1) is 0 Å². The van der Waals surface area contributed by atoms with Crippen LogP contribution >= 0.6 is 0 Å². The molecule has 0 fully saturated rings. The molecule has 0 aliphatic heterocycles. The molecule has 0 N–H and O–H groups in total. The quantitative estimate of drug-likeness (QED) is 0.222. The fourth-order valence-electron chi connectivity index (χ4n) is 2.04. The van der Waals surface area contributed by atoms with E-state index in [0.29, 0.717) is 6.61 Å². The van der Waals surface area contributed by atoms with Crippen molar-refractivity contribution in [1.29, 1.82) is 0 Å². The minimum Gasteiger partial charge on any atom is -0.270 e. The van der Waals surface area contributed by atoms with Crippen molar-refractivity contribution in [2.24, 2.45) is 0 Å². The zero-order valence-electron chi connectivity index (χ0n) is 14.9. The summed E-state index contributed by atoms with van der Waals surface area (Å²) in [5.41, 5.74) is 0. The van der Waals surface area contributed by atoms with Crippen molar-refractivity contribution in [3.63, 3.8) is 0 Å². The van der Waals surface area contributed by atoms with E-state index in [2.05, 4.69) is 47.6 Å². The molecule has 0 unspecified atom stereocenters. The molecule has 3 nitrogen and oxygen atoms in total. The minimum absolute atomic E-state index is 0.303. The Morgan fingerprint density at radius 3 is 1.78 bits per heavy atom. The Labute approximate surface area is 143 Å². The van der Waals surface area contributed by atoms with Gasteiger partial charge in [-0.3, -0.25) is 4.18 Å². The van der Waals surface area contributed by atoms with Crippen molar-refractivity contribution in [3.8, 4) is 0 Å². The van der Waals surface area contributed by atoms with E-state index in [1.165, 1.54) is 25.7 Å². The number of hydrogen-bond acceptors (Lipinski definition) is 3. The van der Waals surface area contributed by atoms with Gasteiger partial charge in [-0.05, 0) is 44.9 Å². The van der Waals surface area contributed by atoms with Crippen LogP contribution < -0.4 is 0 Å². The molecule has 134 valence electrons. The predicted octanol–water partition coefficient (Wildman–Crippen LogP) is 5.55. The molecule has 0 aliphatic rings. The molecule has 0 aromatic rings. The van der Waals surface area contributed by atoms with E-state index in [1.54, 1.807) is 0 Å². The summed E-state index contributed by atoms with van der Waals surface area (Å²) >= 11 is 0. The van der Waals surface area contributed by atoms with Gasteiger partial charge < -0.3 is 0 Å². The van der Waals surface area contributed by atoms with Crippen molar-refractivity contribution in [2.45, 2.75) is 71.1 Å². The second-order valence-corrected chi connectivity index (χ2v) is 7.40. The topological polar surface area (TPSA) is 43.4 Å². The van der Waals surface area contributed by atoms with E-state index in [0.717, 1.165) is 44.8 Å². The fraction of sp³-hybridized carbons (Fsp3) is 0.684. The summed E-state index contributed by atoms with van der Waals surface area (Å²) in [5, 5.41) is 0. The van der Waals surface area contributed by atoms with Crippen molar-refractivity contribution in [2.75, 3.05) is 12.9 Å². The highest BCUT2D eigenvalue weighted by molar-refractivity contribution is 7.85. The SMILES string of the molecule is CCCCCC=CCC=CCC=CCCCCCOS(C)(=O)=O. The van der Waals surface area contributed by atoms with Crippen LogP contribution in [0.2, 0.25) is 0 Å². The van der Waals surface area contributed by atoms with E-state index in [1.807, 2.05) is 0 Å². The van der Waals surface area contributed by atoms with Gasteiger partial charge in [0.15, 0.2) is 0 Å². The fourth-order valence-corrected chi connectivity index (χ4v) is 2.46. The second kappa shape index (κ2) is 16.0. The van der Waals surface area contributed by atoms with Crippen LogP contribution in [0.1, 0.15) is 71.1 Å². The lowest BCUT2D eigenvalue weighted by molar-refractivity contribution is 0.310. The van der Waals surface area contributed by atoms with E-state index in [9.17, 15) is 8.42 Å². The molecule has 23 heavy (non-hydrogen) atoms. The monoisotopic (exact) mass is 342 g/mol. The van der Waals surface area contributed by atoms with Crippen molar-refractivity contribution < 1.29 is 12.6 Å². The molecule has 0 heterocycles. The van der Waals surface area contributed by atoms with E-state index >= 15 is 0 Å². The van der Waals surface area contributed by atoms with Crippen LogP contribution in [0.4, 0.5) is 0 Å². The Balaban J connectivity index is 3.35. The standard InChI is InChI=1S/C19H34O3S/c1-3-4-5-6-7-8-9-10-11-12-13-14-15-16-17-18-19-22-23(2,20)21/h7-8,10-11,13-14H,3-6,9,12,15-19H2,1-2H3. The maximum atomic E-state index is 10.7. The lowest BCUT2D eigenvalue weighted by Gasteiger charge is -1.99. The Morgan fingerprint density at radius 1 is 0.739 bits per heavy atom. The van der Waals surface area contributed by atoms with Crippen LogP contribution in [-0.4, -0.2) is 21.3 Å². The average Bonchev–Trinajstić information content (AvgIpc) is 2.49. The maximum absolute atomic E-state index is 10.7. The van der Waals surface area contributed by atoms with Gasteiger partial charge in [-0.1, -0.05) is 62.6 Å². The highest BCUT2D eigenvalue weighted by atomic mass is 32.2. The smallest absolute Gasteiger partial charge is 0.264 e. The van der Waals surface area contributed by atoms with Crippen LogP contribution in [0.3, 0.4) is 0 Å². The van der Waals surface area contributed by atoms with Gasteiger partial charge in [-0.2, -0.15) is 8.42 Å². The second-order valence-electron chi connectivity index (χ2n) is 5.76. The number of hydrogen-bond donors (Lipinski definition) is 0. The third-order valence-corrected chi connectivity index (χ3v) is 3.93. The molecule has 0 saturated carbocycles. The lowest BCUT2D eigenvalue weighted by atomic mass is 10.2. The van der Waals surface area contributed by atoms with Crippen molar-refractivity contribution in [3.05, 3.63) is 36.5 Å². The van der Waals surface area contributed by atoms with Gasteiger partial charge in [0.25, 0.3) is 10.1 Å². The number of rotatable bonds is 15. The predicted molar refractivity (Wildman–Crippen MR) is 100 cm³/mol. The summed E-state index contributed by atoms with van der Waals surface area (Å²) in [6.07, 6.45) is 25.5. The van der Waals surface area contributed by atoms with Crippen LogP contribution in [-0.2, 0) is 14.3 Å². The first-order chi connectivity index (χ1) is 11.1. The van der Waals surface area contributed by atoms with E-state index < -0.39 is 10.1 Å². The molecule has 0 radical (unpaired) electrons. The van der Waals surface area contributed by atoms with Gasteiger partial charge in [0.2, 0.25) is 0 Å². The Hall–Kier alpha value is -0.870. The van der Waals surface area contributed by atoms with Crippen LogP contribution in [0.25, 0.3) is 0 Å². The minimum atomic E-state index is -3.27. The molecule has 0 bridgehead atoms. The van der Waals surface area contributed by atoms with E-state index in [-0.39, 0.29) is 0 Å². The molecular formula is C19H34O3S. The summed E-state index contributed by atoms with van der Waals surface area (Å²) in [6.45, 7) is 2.53. The van der Waals surface area contributed by atoms with Crippen molar-refractivity contribution in [1.82, 2.24) is 0 Å². The molecule has 0 amide bonds. The van der Waals surface area contributed by atoms with Gasteiger partial charge in [0.1, 0.15) is 0 Å². The van der Waals surface area contributed by atoms with E-state index in [4.69, 9.17) is 0 Å². The number of unbranched alkanes of at least 4 members (excludes halogenated alkanes) is 6. The zero-order valence-corrected chi connectivity index (χ0v) is 15.7. The van der Waals surface area contributed by atoms with Gasteiger partial charge >= 0.3 is 0 Å². The summed E-state index contributed by atoms with van der Waals surface area (Å²) in [4.78, 5) is 0. The van der Waals surface area contributed by atoms with Gasteiger partial charge in [0, 0.05) is 0 Å². The molecule has 0 aromatic heterocycles. The molecule has 4 heteroatoms. The average molecular weight is 343 g/mol. The Bertz CT molecular complexity index is 434. The third kappa shape index (κ3) is 21.1. The maximum Gasteiger partial charge on any atom is 0.264 e. The zero-order chi connectivity index (χ0) is 17.2. The molecule has 0 aliphatic carbocycles. The van der Waals surface area contributed by atoms with Gasteiger partial charge in [-0.25, -0.2) is 0 Å². The first-order valence-electron chi connectivity index (χ1n) is 8.85. The first kappa shape index (κ1) is 22.1. The normalized spacial score (nSPS) is 13.0. The molecule has 0 atom stereocenters. The van der Waals surface area contributed by atoms with Gasteiger partial charge in [0.05, 0.1) is 12.9 Å². The number of allylic oxidation sites excluding steroid dienone is 6. The van der Waals surface area contributed by atoms with Crippen molar-refractivity contribution >= 4 is 10.1 Å². The lowest BCUT2D eigenvalue weighted by Crippen LogP contribution is -2.03. The first-order valence-corrected chi connectivity index (χ1v) is 10.7. The molecular weight excluding hydrogens is 308 g/mol. The highest BCUT2D eigenvalue weighted by Gasteiger charge is 1.99. The third-order valence-electron chi connectivity index (χ3n) is 3.33. The summed E-state index contributed by atoms with van der Waals surface area (Å²) in [7, 11) is -3.27. The molecule has 0 spiro atoms. The summed E-state index contributed by atoms with van der Waals surface area (Å²) in [5.74, 6) is 0. The summed E-state index contributed by atoms with van der Waals surface area (Å²) < 4.78 is 26.2.